The third kappa shape index (κ3) is 3.61. The smallest absolute Gasteiger partial charge is 0.416 e. The van der Waals surface area contributed by atoms with Gasteiger partial charge in [0.25, 0.3) is 6.43 Å². The monoisotopic (exact) mass is 455 g/mol. The van der Waals surface area contributed by atoms with Crippen molar-refractivity contribution in [3.63, 3.8) is 0 Å². The Labute approximate surface area is 179 Å². The van der Waals surface area contributed by atoms with E-state index in [0.29, 0.717) is 12.5 Å². The highest BCUT2D eigenvalue weighted by atomic mass is 19.4. The van der Waals surface area contributed by atoms with E-state index in [2.05, 4.69) is 25.0 Å². The molecular weight excluding hydrogens is 437 g/mol. The van der Waals surface area contributed by atoms with E-state index in [4.69, 9.17) is 0 Å². The predicted molar refractivity (Wildman–Crippen MR) is 102 cm³/mol. The summed E-state index contributed by atoms with van der Waals surface area (Å²) >= 11 is 0. The van der Waals surface area contributed by atoms with E-state index in [1.54, 1.807) is 0 Å². The number of cyclic esters (lactones) is 1. The highest BCUT2D eigenvalue weighted by molar-refractivity contribution is 5.88. The Kier molecular flexibility index (Phi) is 4.90. The number of halogens is 5. The van der Waals surface area contributed by atoms with E-state index < -0.39 is 30.4 Å². The molecule has 2 aromatic rings. The molecule has 0 spiro atoms. The second kappa shape index (κ2) is 7.52. The molecule has 2 fully saturated rings. The lowest BCUT2D eigenvalue weighted by molar-refractivity contribution is -0.137. The van der Waals surface area contributed by atoms with E-state index in [1.165, 1.54) is 0 Å². The first-order valence-corrected chi connectivity index (χ1v) is 10.2. The van der Waals surface area contributed by atoms with Gasteiger partial charge in [0.2, 0.25) is 0 Å². The number of hydrogen-bond donors (Lipinski definition) is 1. The van der Waals surface area contributed by atoms with Crippen molar-refractivity contribution in [1.82, 2.24) is 15.0 Å². The highest BCUT2D eigenvalue weighted by Gasteiger charge is 2.40. The zero-order valence-corrected chi connectivity index (χ0v) is 16.6. The first-order chi connectivity index (χ1) is 15.2. The van der Waals surface area contributed by atoms with Crippen molar-refractivity contribution in [2.45, 2.75) is 50.4 Å². The summed E-state index contributed by atoms with van der Waals surface area (Å²) in [6.07, 6.45) is -6.21. The maximum atomic E-state index is 13.7. The summed E-state index contributed by atoms with van der Waals surface area (Å²) in [5, 5.41) is 2.19. The van der Waals surface area contributed by atoms with Crippen LogP contribution in [-0.2, 0) is 10.9 Å². The zero-order valence-electron chi connectivity index (χ0n) is 16.6. The molecule has 0 aromatic carbocycles. The lowest BCUT2D eigenvalue weighted by atomic mass is 9.90. The number of rotatable bonds is 3. The van der Waals surface area contributed by atoms with Crippen LogP contribution in [0.15, 0.2) is 18.5 Å². The lowest BCUT2D eigenvalue weighted by Gasteiger charge is -2.28. The van der Waals surface area contributed by atoms with Crippen LogP contribution >= 0.6 is 0 Å². The second-order valence-corrected chi connectivity index (χ2v) is 8.21. The van der Waals surface area contributed by atoms with Gasteiger partial charge in [0.15, 0.2) is 6.10 Å². The molecule has 3 unspecified atom stereocenters. The van der Waals surface area contributed by atoms with Crippen LogP contribution in [-0.4, -0.2) is 40.1 Å². The molecule has 3 aliphatic rings. The van der Waals surface area contributed by atoms with E-state index in [1.807, 2.05) is 4.90 Å². The quantitative estimate of drug-likeness (QED) is 0.670. The fourth-order valence-electron chi connectivity index (χ4n) is 4.81. The third-order valence-corrected chi connectivity index (χ3v) is 6.18. The minimum absolute atomic E-state index is 0.0910. The Hall–Kier alpha value is -3.05. The summed E-state index contributed by atoms with van der Waals surface area (Å²) < 4.78 is 73.2. The van der Waals surface area contributed by atoms with Crippen molar-refractivity contribution in [1.29, 1.82) is 0 Å². The summed E-state index contributed by atoms with van der Waals surface area (Å²) in [5.41, 5.74) is -1.74. The van der Waals surface area contributed by atoms with Gasteiger partial charge in [-0.3, -0.25) is 5.32 Å². The number of carbonyl (C=O) groups is 1. The van der Waals surface area contributed by atoms with Crippen LogP contribution in [0.4, 0.5) is 38.4 Å². The van der Waals surface area contributed by atoms with E-state index >= 15 is 0 Å². The van der Waals surface area contributed by atoms with E-state index in [-0.39, 0.29) is 34.6 Å². The Balaban J connectivity index is 1.66. The molecule has 1 saturated heterocycles. The molecule has 5 rings (SSSR count). The SMILES string of the molecule is O=C1Nc2ncnc(-c3cc(C(F)(F)F)cc(N4CC5CCCC4C5)n3)c2C(C(F)F)O1. The number of carbonyl (C=O) groups excluding carboxylic acids is 1. The topological polar surface area (TPSA) is 80.2 Å². The summed E-state index contributed by atoms with van der Waals surface area (Å²) in [5.74, 6) is 0.285. The summed E-state index contributed by atoms with van der Waals surface area (Å²) in [4.78, 5) is 25.6. The molecule has 1 N–H and O–H groups in total. The van der Waals surface area contributed by atoms with Gasteiger partial charge in [-0.15, -0.1) is 0 Å². The van der Waals surface area contributed by atoms with Gasteiger partial charge in [0, 0.05) is 12.6 Å². The predicted octanol–water partition coefficient (Wildman–Crippen LogP) is 4.80. The number of aromatic nitrogens is 3. The standard InChI is InChI=1S/C20H18F5N5O2/c21-17(22)16-14-15(26-8-27-18(14)29-19(31)32-16)12-5-10(20(23,24)25)6-13(28-12)30-7-9-2-1-3-11(30)4-9/h5-6,8-9,11,16-17H,1-4,7H2,(H,26,27,29,31). The van der Waals surface area contributed by atoms with Gasteiger partial charge < -0.3 is 9.64 Å². The molecule has 0 radical (unpaired) electrons. The van der Waals surface area contributed by atoms with Gasteiger partial charge >= 0.3 is 12.3 Å². The Bertz CT molecular complexity index is 1060. The van der Waals surface area contributed by atoms with Gasteiger partial charge in [-0.05, 0) is 37.3 Å². The molecule has 4 heterocycles. The van der Waals surface area contributed by atoms with Crippen molar-refractivity contribution in [2.75, 3.05) is 16.8 Å². The number of nitrogens with one attached hydrogen (secondary N) is 1. The molecule has 1 amide bonds. The minimum Gasteiger partial charge on any atom is -0.435 e. The molecule has 1 saturated carbocycles. The van der Waals surface area contributed by atoms with Crippen molar-refractivity contribution in [3.05, 3.63) is 29.6 Å². The number of amides is 1. The van der Waals surface area contributed by atoms with Crippen molar-refractivity contribution in [2.24, 2.45) is 5.92 Å². The van der Waals surface area contributed by atoms with Crippen molar-refractivity contribution < 1.29 is 31.5 Å². The van der Waals surface area contributed by atoms with Crippen LogP contribution in [0.3, 0.4) is 0 Å². The van der Waals surface area contributed by atoms with Crippen LogP contribution in [0.1, 0.15) is 42.9 Å². The van der Waals surface area contributed by atoms with Gasteiger partial charge in [0.05, 0.1) is 16.8 Å². The molecule has 12 heteroatoms. The number of nitrogens with zero attached hydrogens (tertiary/aromatic N) is 4. The van der Waals surface area contributed by atoms with Crippen LogP contribution in [0.5, 0.6) is 0 Å². The summed E-state index contributed by atoms with van der Waals surface area (Å²) in [6.45, 7) is 0.596. The maximum Gasteiger partial charge on any atom is 0.416 e. The minimum atomic E-state index is -4.68. The fourth-order valence-corrected chi connectivity index (χ4v) is 4.81. The molecule has 3 atom stereocenters. The molecule has 32 heavy (non-hydrogen) atoms. The normalized spacial score (nSPS) is 24.9. The van der Waals surface area contributed by atoms with E-state index in [0.717, 1.165) is 44.1 Å². The average Bonchev–Trinajstić information content (AvgIpc) is 3.04. The number of pyridine rings is 1. The number of fused-ring (bicyclic) bond motifs is 3. The zero-order chi connectivity index (χ0) is 22.6. The van der Waals surface area contributed by atoms with Crippen molar-refractivity contribution >= 4 is 17.7 Å². The van der Waals surface area contributed by atoms with E-state index in [9.17, 15) is 26.7 Å². The molecule has 7 nitrogen and oxygen atoms in total. The summed E-state index contributed by atoms with van der Waals surface area (Å²) in [6, 6.07) is 1.85. The van der Waals surface area contributed by atoms with Gasteiger partial charge in [-0.25, -0.2) is 28.5 Å². The average molecular weight is 455 g/mol. The fraction of sp³-hybridized carbons (Fsp3) is 0.500. The van der Waals surface area contributed by atoms with Crippen LogP contribution in [0.2, 0.25) is 0 Å². The Morgan fingerprint density at radius 1 is 1.19 bits per heavy atom. The number of ether oxygens (including phenoxy) is 1. The largest absolute Gasteiger partial charge is 0.435 e. The highest BCUT2D eigenvalue weighted by Crippen LogP contribution is 2.43. The summed E-state index contributed by atoms with van der Waals surface area (Å²) in [7, 11) is 0. The maximum absolute atomic E-state index is 13.7. The molecule has 2 bridgehead atoms. The number of hydrogen-bond acceptors (Lipinski definition) is 6. The van der Waals surface area contributed by atoms with Crippen LogP contribution in [0.25, 0.3) is 11.4 Å². The van der Waals surface area contributed by atoms with Crippen LogP contribution in [0, 0.1) is 5.92 Å². The molecule has 2 aliphatic heterocycles. The van der Waals surface area contributed by atoms with Gasteiger partial charge in [-0.2, -0.15) is 13.2 Å². The first-order valence-electron chi connectivity index (χ1n) is 10.2. The molecular formula is C20H18F5N5O2. The lowest BCUT2D eigenvalue weighted by Crippen LogP contribution is -2.31. The van der Waals surface area contributed by atoms with Gasteiger partial charge in [0.1, 0.15) is 23.7 Å². The number of anilines is 2. The molecule has 170 valence electrons. The Morgan fingerprint density at radius 3 is 2.72 bits per heavy atom. The molecule has 2 aromatic heterocycles. The second-order valence-electron chi connectivity index (χ2n) is 8.21. The van der Waals surface area contributed by atoms with Crippen molar-refractivity contribution in [3.8, 4) is 11.4 Å². The molecule has 1 aliphatic carbocycles. The van der Waals surface area contributed by atoms with Gasteiger partial charge in [-0.1, -0.05) is 6.42 Å². The first kappa shape index (κ1) is 20.8. The van der Waals surface area contributed by atoms with Crippen LogP contribution < -0.4 is 10.2 Å². The third-order valence-electron chi connectivity index (χ3n) is 6.18. The number of alkyl halides is 5. The Morgan fingerprint density at radius 2 is 2.00 bits per heavy atom.